The van der Waals surface area contributed by atoms with Crippen LogP contribution in [0.5, 0.6) is 0 Å². The van der Waals surface area contributed by atoms with Gasteiger partial charge in [-0.15, -0.1) is 0 Å². The fourth-order valence-corrected chi connectivity index (χ4v) is 18.4. The van der Waals surface area contributed by atoms with Crippen LogP contribution in [0.3, 0.4) is 0 Å². The minimum Gasteiger partial charge on any atom is -0.215 e. The molecule has 0 spiro atoms. The molecule has 0 aliphatic carbocycles. The summed E-state index contributed by atoms with van der Waals surface area (Å²) in [6, 6.07) is 8.44. The molecule has 1 unspecified atom stereocenters. The summed E-state index contributed by atoms with van der Waals surface area (Å²) in [5, 5.41) is 32.4. The first kappa shape index (κ1) is 60.6. The Bertz CT molecular complexity index is 1660. The normalized spacial score (nSPS) is 12.9. The first-order valence-corrected chi connectivity index (χ1v) is 29.6. The van der Waals surface area contributed by atoms with Crippen LogP contribution in [-0.4, -0.2) is 68.5 Å². The lowest BCUT2D eigenvalue weighted by Gasteiger charge is -2.36. The molecule has 0 aliphatic heterocycles. The second-order valence-electron chi connectivity index (χ2n) is 16.4. The Labute approximate surface area is 383 Å². The maximum absolute atomic E-state index is 14.7. The molecule has 0 aromatic rings. The number of rotatable bonds is 45. The molecule has 16 nitrogen and oxygen atoms in total. The highest BCUT2D eigenvalue weighted by Gasteiger charge is 2.71. The van der Waals surface area contributed by atoms with E-state index in [1.54, 1.807) is 0 Å². The Morgan fingerprint density at radius 3 is 0.746 bits per heavy atom. The van der Waals surface area contributed by atoms with Gasteiger partial charge in [-0.25, -0.2) is 52.6 Å². The summed E-state index contributed by atoms with van der Waals surface area (Å²) in [6.45, 7) is -0.281. The Morgan fingerprint density at radius 1 is 0.333 bits per heavy atom. The van der Waals surface area contributed by atoms with E-state index >= 15 is 0 Å². The Morgan fingerprint density at radius 2 is 0.524 bits per heavy atom. The number of unbranched alkanes of at least 4 members (excludes halogenated alkanes) is 28. The van der Waals surface area contributed by atoms with Crippen LogP contribution in [0.15, 0.2) is 0 Å². The van der Waals surface area contributed by atoms with Crippen molar-refractivity contribution in [2.75, 3.05) is 26.2 Å². The van der Waals surface area contributed by atoms with Gasteiger partial charge < -0.3 is 0 Å². The van der Waals surface area contributed by atoms with Crippen LogP contribution in [0.2, 0.25) is 0 Å². The highest BCUT2D eigenvalue weighted by atomic mass is 32.3. The van der Waals surface area contributed by atoms with E-state index in [2.05, 4.69) is 43.2 Å². The quantitative estimate of drug-likeness (QED) is 0.0420. The summed E-state index contributed by atoms with van der Waals surface area (Å²) < 4.78 is 121. The van der Waals surface area contributed by atoms with E-state index in [9.17, 15) is 33.7 Å². The van der Waals surface area contributed by atoms with Crippen molar-refractivity contribution in [1.82, 2.24) is 18.9 Å². The fraction of sp³-hybridized carbons (Fsp3) is 0.907. The molecule has 0 saturated heterocycles. The second-order valence-corrected chi connectivity index (χ2v) is 25.1. The summed E-state index contributed by atoms with van der Waals surface area (Å²) in [5.41, 5.74) is 0. The first-order chi connectivity index (χ1) is 30.1. The highest BCUT2D eigenvalue weighted by molar-refractivity contribution is 8.25. The molecule has 0 heterocycles. The summed E-state index contributed by atoms with van der Waals surface area (Å²) in [6.07, 6.45) is 22.0. The molecule has 0 fully saturated rings. The molecule has 4 N–H and O–H groups in total. The Balaban J connectivity index is 6.48. The van der Waals surface area contributed by atoms with Crippen molar-refractivity contribution < 1.29 is 33.7 Å². The SMILES string of the molecule is CC(C(S(=O)(=O)NCCCCCCCCCC#N)(S(=O)(=O)NCCCCCCCCCC#N)S(=O)(=O)NCCCCCCCCCC#N)S(=O)(=O)NCCCCCCCCCC#N. The van der Waals surface area contributed by atoms with E-state index in [0.29, 0.717) is 57.8 Å². The summed E-state index contributed by atoms with van der Waals surface area (Å²) in [5.74, 6) is 0. The van der Waals surface area contributed by atoms with Crippen molar-refractivity contribution in [1.29, 1.82) is 21.0 Å². The molecular formula is C43H80N8O8S4. The topological polar surface area (TPSA) is 280 Å². The molecular weight excluding hydrogens is 885 g/mol. The molecule has 0 saturated carbocycles. The standard InChI is InChI=1S/C43H80N8O8S4/c1-42(60(52,53)48-38-30-22-14-6-2-10-18-26-34-44)43(61(54,55)49-39-31-23-15-7-3-11-19-27-35-45,62(56,57)50-40-32-24-16-8-4-12-20-28-36-46)63(58,59)51-41-33-25-17-9-5-13-21-29-37-47/h42,48-51H,2-33,38-41H2,1H3. The summed E-state index contributed by atoms with van der Waals surface area (Å²) >= 11 is 0. The van der Waals surface area contributed by atoms with Crippen LogP contribution < -0.4 is 18.9 Å². The lowest BCUT2D eigenvalue weighted by Crippen LogP contribution is -2.70. The number of nitrogens with one attached hydrogen (secondary N) is 4. The van der Waals surface area contributed by atoms with Gasteiger partial charge >= 0.3 is 3.41 Å². The first-order valence-electron chi connectivity index (χ1n) is 23.6. The van der Waals surface area contributed by atoms with Crippen molar-refractivity contribution in [3.8, 4) is 24.3 Å². The van der Waals surface area contributed by atoms with Gasteiger partial charge in [0.1, 0.15) is 5.25 Å². The van der Waals surface area contributed by atoms with Gasteiger partial charge in [0, 0.05) is 51.9 Å². The molecule has 63 heavy (non-hydrogen) atoms. The molecule has 0 rings (SSSR count). The zero-order chi connectivity index (χ0) is 47.2. The predicted octanol–water partition coefficient (Wildman–Crippen LogP) is 8.28. The molecule has 364 valence electrons. The largest absolute Gasteiger partial charge is 0.330 e. The number of nitrogens with zero attached hydrogens (tertiary/aromatic N) is 4. The van der Waals surface area contributed by atoms with E-state index in [-0.39, 0.29) is 45.4 Å². The molecule has 0 aliphatic rings. The van der Waals surface area contributed by atoms with E-state index in [1.165, 1.54) is 0 Å². The maximum atomic E-state index is 14.7. The van der Waals surface area contributed by atoms with Crippen molar-refractivity contribution in [2.45, 2.75) is 221 Å². The number of hydrogen-bond acceptors (Lipinski definition) is 12. The van der Waals surface area contributed by atoms with Crippen LogP contribution in [-0.2, 0) is 40.1 Å². The van der Waals surface area contributed by atoms with Gasteiger partial charge in [-0.1, -0.05) is 128 Å². The molecule has 0 aromatic carbocycles. The molecule has 1 atom stereocenters. The van der Waals surface area contributed by atoms with Gasteiger partial charge in [0.25, 0.3) is 30.1 Å². The Hall–Kier alpha value is -2.40. The predicted molar refractivity (Wildman–Crippen MR) is 250 cm³/mol. The van der Waals surface area contributed by atoms with Gasteiger partial charge in [-0.2, -0.15) is 21.0 Å². The molecule has 20 heteroatoms. The molecule has 0 radical (unpaired) electrons. The third-order valence-electron chi connectivity index (χ3n) is 11.1. The van der Waals surface area contributed by atoms with Gasteiger partial charge in [-0.05, 0) is 58.3 Å². The average molecular weight is 965 g/mol. The summed E-state index contributed by atoms with van der Waals surface area (Å²) in [7, 11) is -21.5. The zero-order valence-electron chi connectivity index (χ0n) is 38.2. The number of nitriles is 4. The van der Waals surface area contributed by atoms with E-state index < -0.39 is 48.8 Å². The van der Waals surface area contributed by atoms with E-state index in [4.69, 9.17) is 21.0 Å². The zero-order valence-corrected chi connectivity index (χ0v) is 41.5. The monoisotopic (exact) mass is 964 g/mol. The third-order valence-corrected chi connectivity index (χ3v) is 22.5. The van der Waals surface area contributed by atoms with Crippen LogP contribution in [0.4, 0.5) is 0 Å². The second kappa shape index (κ2) is 36.8. The number of sulfonamides is 4. The van der Waals surface area contributed by atoms with Crippen molar-refractivity contribution in [3.63, 3.8) is 0 Å². The van der Waals surface area contributed by atoms with Crippen molar-refractivity contribution >= 4 is 40.1 Å². The van der Waals surface area contributed by atoms with Gasteiger partial charge in [0.2, 0.25) is 10.0 Å². The van der Waals surface area contributed by atoms with Crippen LogP contribution in [0.25, 0.3) is 0 Å². The minimum atomic E-state index is -5.53. The van der Waals surface area contributed by atoms with Crippen LogP contribution in [0.1, 0.15) is 212 Å². The average Bonchev–Trinajstić information content (AvgIpc) is 3.23. The van der Waals surface area contributed by atoms with Gasteiger partial charge in [-0.3, -0.25) is 0 Å². The lowest BCUT2D eigenvalue weighted by atomic mass is 10.1. The minimum absolute atomic E-state index is 0.158. The van der Waals surface area contributed by atoms with Gasteiger partial charge in [0.15, 0.2) is 0 Å². The van der Waals surface area contributed by atoms with Crippen molar-refractivity contribution in [3.05, 3.63) is 0 Å². The third kappa shape index (κ3) is 25.2. The lowest BCUT2D eigenvalue weighted by molar-refractivity contribution is 0.507. The Kier molecular flexibility index (Phi) is 35.4. The van der Waals surface area contributed by atoms with Gasteiger partial charge in [0.05, 0.1) is 24.3 Å². The fourth-order valence-electron chi connectivity index (χ4n) is 7.39. The molecule has 0 amide bonds. The molecule has 0 bridgehead atoms. The highest BCUT2D eigenvalue weighted by Crippen LogP contribution is 2.37. The smallest absolute Gasteiger partial charge is 0.215 e. The van der Waals surface area contributed by atoms with E-state index in [1.807, 2.05) is 0 Å². The molecule has 0 aromatic heterocycles. The van der Waals surface area contributed by atoms with Crippen molar-refractivity contribution in [2.24, 2.45) is 0 Å². The number of hydrogen-bond donors (Lipinski definition) is 4. The van der Waals surface area contributed by atoms with E-state index in [0.717, 1.165) is 135 Å². The summed E-state index contributed by atoms with van der Waals surface area (Å²) in [4.78, 5) is 0. The van der Waals surface area contributed by atoms with Crippen LogP contribution in [0, 0.1) is 45.3 Å². The maximum Gasteiger partial charge on any atom is 0.330 e. The van der Waals surface area contributed by atoms with Crippen LogP contribution >= 0.6 is 0 Å².